The molecule has 1 rings (SSSR count). The fourth-order valence-electron chi connectivity index (χ4n) is 1.34. The molecule has 1 fully saturated rings. The summed E-state index contributed by atoms with van der Waals surface area (Å²) in [4.78, 5) is 44.7. The number of morpholine rings is 1. The van der Waals surface area contributed by atoms with Crippen LogP contribution in [-0.4, -0.2) is 60.1 Å². The molecule has 0 aromatic rings. The summed E-state index contributed by atoms with van der Waals surface area (Å²) in [5, 5.41) is 8.28. The monoisotopic (exact) mass is 271 g/mol. The van der Waals surface area contributed by atoms with Gasteiger partial charge in [-0.15, -0.1) is 0 Å². The Balaban J connectivity index is 2.20. The van der Waals surface area contributed by atoms with Crippen LogP contribution in [0.15, 0.2) is 12.2 Å². The SMILES string of the molecule is O=C(O)/C=C/C(=O)OCCCN1CC(=O)OCC1=O. The van der Waals surface area contributed by atoms with Crippen molar-refractivity contribution in [3.05, 3.63) is 12.2 Å². The summed E-state index contributed by atoms with van der Waals surface area (Å²) >= 11 is 0. The van der Waals surface area contributed by atoms with Crippen molar-refractivity contribution in [2.24, 2.45) is 0 Å². The molecule has 104 valence electrons. The number of carboxylic acid groups (broad SMARTS) is 1. The highest BCUT2D eigenvalue weighted by Crippen LogP contribution is 2.01. The number of cyclic esters (lactones) is 1. The number of amides is 1. The number of carbonyl (C=O) groups is 4. The predicted octanol–water partition coefficient (Wildman–Crippen LogP) is -1.05. The van der Waals surface area contributed by atoms with Crippen LogP contribution >= 0.6 is 0 Å². The summed E-state index contributed by atoms with van der Waals surface area (Å²) < 4.78 is 9.24. The molecule has 0 aliphatic carbocycles. The number of aliphatic carboxylic acids is 1. The molecule has 0 aromatic carbocycles. The van der Waals surface area contributed by atoms with E-state index in [1.807, 2.05) is 0 Å². The van der Waals surface area contributed by atoms with E-state index >= 15 is 0 Å². The van der Waals surface area contributed by atoms with E-state index in [2.05, 4.69) is 4.74 Å². The molecule has 1 saturated heterocycles. The van der Waals surface area contributed by atoms with Crippen molar-refractivity contribution in [1.82, 2.24) is 4.90 Å². The van der Waals surface area contributed by atoms with E-state index in [0.29, 0.717) is 12.5 Å². The van der Waals surface area contributed by atoms with Crippen molar-refractivity contribution in [2.45, 2.75) is 6.42 Å². The molecule has 1 amide bonds. The minimum atomic E-state index is -1.24. The van der Waals surface area contributed by atoms with Crippen LogP contribution in [0.5, 0.6) is 0 Å². The van der Waals surface area contributed by atoms with Gasteiger partial charge in [-0.05, 0) is 6.42 Å². The first-order valence-corrected chi connectivity index (χ1v) is 5.50. The third kappa shape index (κ3) is 5.66. The molecule has 0 unspecified atom stereocenters. The van der Waals surface area contributed by atoms with Gasteiger partial charge in [0, 0.05) is 18.7 Å². The quantitative estimate of drug-likeness (QED) is 0.372. The zero-order valence-corrected chi connectivity index (χ0v) is 10.0. The standard InChI is InChI=1S/C11H13NO7/c13-8-7-19-11(17)6-12(8)4-1-5-18-10(16)3-2-9(14)15/h2-3H,1,4-7H2,(H,14,15)/b3-2+. The van der Waals surface area contributed by atoms with Gasteiger partial charge in [0.05, 0.1) is 6.61 Å². The number of carboxylic acids is 1. The van der Waals surface area contributed by atoms with E-state index in [0.717, 1.165) is 6.08 Å². The molecule has 8 heteroatoms. The number of hydrogen-bond donors (Lipinski definition) is 1. The summed E-state index contributed by atoms with van der Waals surface area (Å²) in [6.45, 7) is -0.0723. The maximum absolute atomic E-state index is 11.3. The van der Waals surface area contributed by atoms with Gasteiger partial charge in [0.1, 0.15) is 6.54 Å². The molecule has 0 spiro atoms. The van der Waals surface area contributed by atoms with Gasteiger partial charge in [-0.1, -0.05) is 0 Å². The molecule has 8 nitrogen and oxygen atoms in total. The second-order valence-electron chi connectivity index (χ2n) is 3.67. The van der Waals surface area contributed by atoms with Crippen LogP contribution in [0.1, 0.15) is 6.42 Å². The first-order chi connectivity index (χ1) is 8.99. The van der Waals surface area contributed by atoms with Crippen molar-refractivity contribution >= 4 is 23.8 Å². The number of ether oxygens (including phenoxy) is 2. The van der Waals surface area contributed by atoms with Gasteiger partial charge >= 0.3 is 17.9 Å². The van der Waals surface area contributed by atoms with Crippen LogP contribution in [0.3, 0.4) is 0 Å². The zero-order valence-electron chi connectivity index (χ0n) is 10.0. The lowest BCUT2D eigenvalue weighted by molar-refractivity contribution is -0.162. The Morgan fingerprint density at radius 3 is 2.79 bits per heavy atom. The van der Waals surface area contributed by atoms with Gasteiger partial charge in [-0.25, -0.2) is 9.59 Å². The van der Waals surface area contributed by atoms with Crippen molar-refractivity contribution in [1.29, 1.82) is 0 Å². The molecular formula is C11H13NO7. The zero-order chi connectivity index (χ0) is 14.3. The lowest BCUT2D eigenvalue weighted by Crippen LogP contribution is -2.44. The first-order valence-electron chi connectivity index (χ1n) is 5.50. The Bertz CT molecular complexity index is 415. The summed E-state index contributed by atoms with van der Waals surface area (Å²) in [7, 11) is 0. The number of carbonyl (C=O) groups excluding carboxylic acids is 3. The summed E-state index contributed by atoms with van der Waals surface area (Å²) in [6, 6.07) is 0. The molecule has 1 aliphatic rings. The molecule has 1 heterocycles. The normalized spacial score (nSPS) is 15.5. The van der Waals surface area contributed by atoms with Gasteiger partial charge in [0.15, 0.2) is 6.61 Å². The van der Waals surface area contributed by atoms with Crippen LogP contribution in [0, 0.1) is 0 Å². The lowest BCUT2D eigenvalue weighted by Gasteiger charge is -2.25. The minimum Gasteiger partial charge on any atom is -0.478 e. The molecule has 0 atom stereocenters. The molecular weight excluding hydrogens is 258 g/mol. The number of nitrogens with zero attached hydrogens (tertiary/aromatic N) is 1. The lowest BCUT2D eigenvalue weighted by atomic mass is 10.3. The second-order valence-corrected chi connectivity index (χ2v) is 3.67. The molecule has 0 bridgehead atoms. The fraction of sp³-hybridized carbons (Fsp3) is 0.455. The molecule has 1 N–H and O–H groups in total. The van der Waals surface area contributed by atoms with Crippen molar-refractivity contribution in [2.75, 3.05) is 26.3 Å². The van der Waals surface area contributed by atoms with Gasteiger partial charge in [0.2, 0.25) is 0 Å². The molecule has 1 aliphatic heterocycles. The van der Waals surface area contributed by atoms with Gasteiger partial charge in [-0.2, -0.15) is 0 Å². The summed E-state index contributed by atoms with van der Waals surface area (Å²) in [5.41, 5.74) is 0. The highest BCUT2D eigenvalue weighted by molar-refractivity contribution is 5.90. The Hall–Kier alpha value is -2.38. The van der Waals surface area contributed by atoms with Gasteiger partial charge in [0.25, 0.3) is 5.91 Å². The predicted molar refractivity (Wildman–Crippen MR) is 59.9 cm³/mol. The third-order valence-corrected chi connectivity index (χ3v) is 2.21. The van der Waals surface area contributed by atoms with E-state index in [9.17, 15) is 19.2 Å². The van der Waals surface area contributed by atoms with E-state index in [-0.39, 0.29) is 32.2 Å². The Morgan fingerprint density at radius 1 is 1.37 bits per heavy atom. The van der Waals surface area contributed by atoms with Crippen molar-refractivity contribution < 1.29 is 33.8 Å². The summed E-state index contributed by atoms with van der Waals surface area (Å²) in [5.74, 6) is -2.78. The second kappa shape index (κ2) is 7.14. The van der Waals surface area contributed by atoms with Crippen LogP contribution in [0.25, 0.3) is 0 Å². The van der Waals surface area contributed by atoms with E-state index < -0.39 is 17.9 Å². The molecule has 19 heavy (non-hydrogen) atoms. The van der Waals surface area contributed by atoms with Crippen LogP contribution in [0.2, 0.25) is 0 Å². The Labute approximate surface area is 108 Å². The van der Waals surface area contributed by atoms with E-state index in [1.165, 1.54) is 4.90 Å². The van der Waals surface area contributed by atoms with Crippen molar-refractivity contribution in [3.8, 4) is 0 Å². The van der Waals surface area contributed by atoms with Gasteiger partial charge < -0.3 is 19.5 Å². The number of esters is 2. The van der Waals surface area contributed by atoms with Crippen LogP contribution in [-0.2, 0) is 28.7 Å². The Kier molecular flexibility index (Phi) is 5.52. The van der Waals surface area contributed by atoms with Gasteiger partial charge in [-0.3, -0.25) is 9.59 Å². The number of rotatable bonds is 6. The summed E-state index contributed by atoms with van der Waals surface area (Å²) in [6.07, 6.45) is 1.82. The van der Waals surface area contributed by atoms with Crippen molar-refractivity contribution in [3.63, 3.8) is 0 Å². The minimum absolute atomic E-state index is 0.0294. The largest absolute Gasteiger partial charge is 0.478 e. The molecule has 0 aromatic heterocycles. The Morgan fingerprint density at radius 2 is 2.11 bits per heavy atom. The van der Waals surface area contributed by atoms with E-state index in [1.54, 1.807) is 0 Å². The van der Waals surface area contributed by atoms with Crippen LogP contribution < -0.4 is 0 Å². The first kappa shape index (κ1) is 14.7. The van der Waals surface area contributed by atoms with Crippen LogP contribution in [0.4, 0.5) is 0 Å². The fourth-order valence-corrected chi connectivity index (χ4v) is 1.34. The highest BCUT2D eigenvalue weighted by atomic mass is 16.5. The molecule has 0 radical (unpaired) electrons. The average molecular weight is 271 g/mol. The number of hydrogen-bond acceptors (Lipinski definition) is 6. The highest BCUT2D eigenvalue weighted by Gasteiger charge is 2.24. The smallest absolute Gasteiger partial charge is 0.331 e. The third-order valence-electron chi connectivity index (χ3n) is 2.21. The maximum atomic E-state index is 11.3. The van der Waals surface area contributed by atoms with E-state index in [4.69, 9.17) is 9.84 Å². The molecule has 0 saturated carbocycles. The maximum Gasteiger partial charge on any atom is 0.331 e. The average Bonchev–Trinajstić information content (AvgIpc) is 2.36. The topological polar surface area (TPSA) is 110 Å².